The van der Waals surface area contributed by atoms with Crippen LogP contribution in [0, 0.1) is 0 Å². The molecule has 1 aliphatic carbocycles. The van der Waals surface area contributed by atoms with Crippen LogP contribution in [0.2, 0.25) is 0 Å². The van der Waals surface area contributed by atoms with Crippen molar-refractivity contribution in [3.8, 4) is 5.75 Å². The van der Waals surface area contributed by atoms with Crippen molar-refractivity contribution in [2.45, 2.75) is 44.0 Å². The predicted molar refractivity (Wildman–Crippen MR) is 142 cm³/mol. The van der Waals surface area contributed by atoms with Crippen LogP contribution < -0.4 is 20.3 Å². The number of hydrogen-bond donors (Lipinski definition) is 1. The molecule has 0 aromatic heterocycles. The molecular formula is C28H35N2O3P. The minimum atomic E-state index is -3.38. The zero-order valence-electron chi connectivity index (χ0n) is 20.3. The molecule has 0 radical (unpaired) electrons. The third-order valence-electron chi connectivity index (χ3n) is 6.43. The van der Waals surface area contributed by atoms with Gasteiger partial charge in [0.1, 0.15) is 11.5 Å². The summed E-state index contributed by atoms with van der Waals surface area (Å²) < 4.78 is 27.1. The lowest BCUT2D eigenvalue weighted by molar-refractivity contribution is 0.159. The Labute approximate surface area is 203 Å². The molecule has 1 N–H and O–H groups in total. The van der Waals surface area contributed by atoms with Crippen LogP contribution in [0.15, 0.2) is 78.9 Å². The van der Waals surface area contributed by atoms with Gasteiger partial charge in [-0.3, -0.25) is 4.57 Å². The van der Waals surface area contributed by atoms with Crippen molar-refractivity contribution in [1.29, 1.82) is 0 Å². The van der Waals surface area contributed by atoms with Crippen LogP contribution >= 0.6 is 7.37 Å². The number of nitrogens with zero attached hydrogens (tertiary/aromatic N) is 1. The summed E-state index contributed by atoms with van der Waals surface area (Å²) in [5.74, 6) is 0.230. The molecule has 5 nitrogen and oxygen atoms in total. The molecule has 1 fully saturated rings. The molecule has 180 valence electrons. The molecule has 0 aliphatic heterocycles. The van der Waals surface area contributed by atoms with Crippen molar-refractivity contribution >= 4 is 24.0 Å². The zero-order valence-corrected chi connectivity index (χ0v) is 21.2. The van der Waals surface area contributed by atoms with E-state index in [4.69, 9.17) is 9.26 Å². The molecule has 0 saturated heterocycles. The average molecular weight is 479 g/mol. The Kier molecular flexibility index (Phi) is 7.97. The minimum Gasteiger partial charge on any atom is -0.497 e. The highest BCUT2D eigenvalue weighted by molar-refractivity contribution is 7.67. The van der Waals surface area contributed by atoms with Crippen LogP contribution in [0.3, 0.4) is 0 Å². The van der Waals surface area contributed by atoms with E-state index < -0.39 is 13.2 Å². The largest absolute Gasteiger partial charge is 0.497 e. The Bertz CT molecular complexity index is 1080. The van der Waals surface area contributed by atoms with E-state index in [1.54, 1.807) is 7.11 Å². The fourth-order valence-corrected chi connectivity index (χ4v) is 7.11. The van der Waals surface area contributed by atoms with E-state index in [1.807, 2.05) is 97.9 Å². The quantitative estimate of drug-likeness (QED) is 0.342. The summed E-state index contributed by atoms with van der Waals surface area (Å²) in [4.78, 5) is 2.04. The number of para-hydroxylation sites is 1. The van der Waals surface area contributed by atoms with E-state index in [0.29, 0.717) is 0 Å². The van der Waals surface area contributed by atoms with Gasteiger partial charge in [0.25, 0.3) is 7.37 Å². The van der Waals surface area contributed by atoms with Gasteiger partial charge < -0.3 is 19.5 Å². The third kappa shape index (κ3) is 5.65. The third-order valence-corrected chi connectivity index (χ3v) is 9.17. The van der Waals surface area contributed by atoms with Crippen LogP contribution in [0.4, 0.5) is 11.4 Å². The molecule has 2 atom stereocenters. The van der Waals surface area contributed by atoms with Crippen LogP contribution in [0.5, 0.6) is 5.75 Å². The van der Waals surface area contributed by atoms with Crippen LogP contribution in [0.25, 0.3) is 0 Å². The Morgan fingerprint density at radius 2 is 1.53 bits per heavy atom. The van der Waals surface area contributed by atoms with Gasteiger partial charge in [0, 0.05) is 30.8 Å². The number of benzene rings is 3. The van der Waals surface area contributed by atoms with Crippen LogP contribution in [-0.2, 0) is 9.09 Å². The van der Waals surface area contributed by atoms with Crippen molar-refractivity contribution in [3.63, 3.8) is 0 Å². The predicted octanol–water partition coefficient (Wildman–Crippen LogP) is 6.82. The molecule has 0 bridgehead atoms. The first-order chi connectivity index (χ1) is 16.5. The van der Waals surface area contributed by atoms with E-state index in [-0.39, 0.29) is 6.10 Å². The van der Waals surface area contributed by atoms with Gasteiger partial charge in [-0.1, -0.05) is 49.6 Å². The van der Waals surface area contributed by atoms with Crippen molar-refractivity contribution in [2.75, 3.05) is 31.4 Å². The van der Waals surface area contributed by atoms with E-state index >= 15 is 4.57 Å². The molecule has 1 aliphatic rings. The van der Waals surface area contributed by atoms with Crippen molar-refractivity contribution in [1.82, 2.24) is 0 Å². The summed E-state index contributed by atoms with van der Waals surface area (Å²) >= 11 is 0. The van der Waals surface area contributed by atoms with Gasteiger partial charge >= 0.3 is 0 Å². The number of methoxy groups -OCH3 is 1. The maximum absolute atomic E-state index is 15.1. The zero-order chi connectivity index (χ0) is 24.0. The summed E-state index contributed by atoms with van der Waals surface area (Å²) in [6.45, 7) is 0. The maximum Gasteiger partial charge on any atom is 0.258 e. The monoisotopic (exact) mass is 478 g/mol. The van der Waals surface area contributed by atoms with Gasteiger partial charge in [-0.2, -0.15) is 0 Å². The number of ether oxygens (including phenoxy) is 1. The normalized spacial score (nSPS) is 16.9. The smallest absolute Gasteiger partial charge is 0.258 e. The molecular weight excluding hydrogens is 443 g/mol. The number of rotatable bonds is 9. The van der Waals surface area contributed by atoms with Crippen molar-refractivity contribution < 1.29 is 13.8 Å². The Balaban J connectivity index is 1.80. The molecule has 34 heavy (non-hydrogen) atoms. The Morgan fingerprint density at radius 1 is 0.882 bits per heavy atom. The average Bonchev–Trinajstić information content (AvgIpc) is 2.88. The second-order valence-electron chi connectivity index (χ2n) is 9.06. The Hall–Kier alpha value is -2.75. The summed E-state index contributed by atoms with van der Waals surface area (Å²) in [6, 6.07) is 25.7. The summed E-state index contributed by atoms with van der Waals surface area (Å²) in [6.07, 6.45) is 5.33. The highest BCUT2D eigenvalue weighted by atomic mass is 31.2. The topological polar surface area (TPSA) is 50.8 Å². The molecule has 0 unspecified atom stereocenters. The molecule has 0 spiro atoms. The fraction of sp³-hybridized carbons (Fsp3) is 0.357. The molecule has 3 aromatic carbocycles. The SMILES string of the molecule is COc1ccc([C@H](Nc2ccccc2)[P@](=O)(OC2CCCCC2)c2ccc(N(C)C)cc2)cc1. The van der Waals surface area contributed by atoms with Crippen LogP contribution in [-0.4, -0.2) is 27.3 Å². The van der Waals surface area contributed by atoms with Crippen LogP contribution in [0.1, 0.15) is 43.5 Å². The summed E-state index contributed by atoms with van der Waals surface area (Å²) in [5.41, 5.74) is 2.87. The molecule has 6 heteroatoms. The highest BCUT2D eigenvalue weighted by Crippen LogP contribution is 2.60. The second-order valence-corrected chi connectivity index (χ2v) is 11.5. The first-order valence-corrected chi connectivity index (χ1v) is 13.7. The van der Waals surface area contributed by atoms with Gasteiger partial charge in [0.05, 0.1) is 13.2 Å². The van der Waals surface area contributed by atoms with E-state index in [2.05, 4.69) is 5.32 Å². The van der Waals surface area contributed by atoms with Crippen molar-refractivity contribution in [2.24, 2.45) is 0 Å². The highest BCUT2D eigenvalue weighted by Gasteiger charge is 2.40. The van der Waals surface area contributed by atoms with E-state index in [9.17, 15) is 0 Å². The van der Waals surface area contributed by atoms with Crippen molar-refractivity contribution in [3.05, 3.63) is 84.4 Å². The minimum absolute atomic E-state index is 0.00793. The van der Waals surface area contributed by atoms with E-state index in [1.165, 1.54) is 6.42 Å². The standard InChI is InChI=1S/C28H35N2O3P/c1-30(2)24-16-20-27(21-17-24)34(31,33-26-12-8-5-9-13-26)28(29-23-10-6-4-7-11-23)22-14-18-25(32-3)19-15-22/h4,6-7,10-11,14-21,26,28-29H,5,8-9,12-13H2,1-3H3/t28-,34-/m1/s1. The van der Waals surface area contributed by atoms with Gasteiger partial charge in [0.15, 0.2) is 0 Å². The molecule has 1 saturated carbocycles. The van der Waals surface area contributed by atoms with Gasteiger partial charge in [-0.25, -0.2) is 0 Å². The number of anilines is 2. The first-order valence-electron chi connectivity index (χ1n) is 12.0. The molecule has 0 heterocycles. The maximum atomic E-state index is 15.1. The summed E-state index contributed by atoms with van der Waals surface area (Å²) in [5, 5.41) is 4.29. The van der Waals surface area contributed by atoms with Gasteiger partial charge in [-0.05, 0) is 66.9 Å². The lowest BCUT2D eigenvalue weighted by Crippen LogP contribution is -2.25. The lowest BCUT2D eigenvalue weighted by Gasteiger charge is -2.34. The molecule has 4 rings (SSSR count). The Morgan fingerprint density at radius 3 is 2.12 bits per heavy atom. The fourth-order valence-electron chi connectivity index (χ4n) is 4.46. The second kappa shape index (κ2) is 11.1. The van der Waals surface area contributed by atoms with Gasteiger partial charge in [-0.15, -0.1) is 0 Å². The molecule has 3 aromatic rings. The number of hydrogen-bond acceptors (Lipinski definition) is 5. The summed E-state index contributed by atoms with van der Waals surface area (Å²) in [7, 11) is 2.28. The van der Waals surface area contributed by atoms with E-state index in [0.717, 1.165) is 53.7 Å². The number of nitrogens with one attached hydrogen (secondary N) is 1. The lowest BCUT2D eigenvalue weighted by atomic mass is 9.98. The first kappa shape index (κ1) is 24.4. The molecule has 0 amide bonds. The van der Waals surface area contributed by atoms with Gasteiger partial charge in [0.2, 0.25) is 0 Å².